The summed E-state index contributed by atoms with van der Waals surface area (Å²) < 4.78 is 10.7. The molecule has 8 heteroatoms. The van der Waals surface area contributed by atoms with Gasteiger partial charge in [-0.15, -0.1) is 0 Å². The Kier molecular flexibility index (Phi) is 10.6. The number of hydrogen-bond acceptors (Lipinski definition) is 5. The zero-order valence-corrected chi connectivity index (χ0v) is 15.5. The van der Waals surface area contributed by atoms with Gasteiger partial charge in [0, 0.05) is 19.8 Å². The highest BCUT2D eigenvalue weighted by Crippen LogP contribution is 2.33. The normalized spacial score (nSPS) is 18.2. The average Bonchev–Trinajstić information content (AvgIpc) is 3.06. The number of nitriles is 1. The fourth-order valence-electron chi connectivity index (χ4n) is 2.53. The van der Waals surface area contributed by atoms with Gasteiger partial charge in [-0.2, -0.15) is 5.26 Å². The van der Waals surface area contributed by atoms with Gasteiger partial charge in [-0.1, -0.05) is 19.8 Å². The molecule has 1 heterocycles. The third-order valence-electron chi connectivity index (χ3n) is 3.81. The Hall–Kier alpha value is -1.22. The van der Waals surface area contributed by atoms with Gasteiger partial charge in [-0.05, 0) is 19.3 Å². The average molecular weight is 358 g/mol. The van der Waals surface area contributed by atoms with E-state index in [4.69, 9.17) is 14.3 Å². The molecule has 1 saturated heterocycles. The maximum absolute atomic E-state index is 12.3. The van der Waals surface area contributed by atoms with E-state index >= 15 is 0 Å². The van der Waals surface area contributed by atoms with Crippen molar-refractivity contribution < 1.29 is 18.6 Å². The monoisotopic (exact) mass is 358 g/mol. The van der Waals surface area contributed by atoms with Gasteiger partial charge < -0.3 is 19.3 Å². The van der Waals surface area contributed by atoms with Crippen molar-refractivity contribution in [1.82, 2.24) is 10.2 Å². The Morgan fingerprint density at radius 2 is 2.17 bits per heavy atom. The van der Waals surface area contributed by atoms with Crippen molar-refractivity contribution in [2.45, 2.75) is 51.5 Å². The van der Waals surface area contributed by atoms with Gasteiger partial charge in [-0.3, -0.25) is 9.59 Å². The number of amides is 2. The van der Waals surface area contributed by atoms with E-state index in [0.717, 1.165) is 25.7 Å². The first-order valence-corrected chi connectivity index (χ1v) is 10.2. The van der Waals surface area contributed by atoms with Crippen molar-refractivity contribution in [3.8, 4) is 6.07 Å². The van der Waals surface area contributed by atoms with E-state index in [1.807, 2.05) is 6.07 Å². The third-order valence-corrected chi connectivity index (χ3v) is 4.85. The molecule has 1 rings (SSSR count). The summed E-state index contributed by atoms with van der Waals surface area (Å²) in [5.41, 5.74) is 0. The van der Waals surface area contributed by atoms with E-state index in [-0.39, 0.29) is 24.5 Å². The van der Waals surface area contributed by atoms with Crippen molar-refractivity contribution in [2.75, 3.05) is 33.0 Å². The predicted molar refractivity (Wildman–Crippen MR) is 92.2 cm³/mol. The molecular formula is C16H28N3O4P. The molecule has 24 heavy (non-hydrogen) atoms. The summed E-state index contributed by atoms with van der Waals surface area (Å²) in [5.74, 6) is -0.250. The number of nitrogens with zero attached hydrogens (tertiary/aromatic N) is 2. The molecule has 0 spiro atoms. The summed E-state index contributed by atoms with van der Waals surface area (Å²) in [6.45, 7) is 5.34. The van der Waals surface area contributed by atoms with Gasteiger partial charge >= 0.3 is 0 Å². The molecule has 1 fully saturated rings. The van der Waals surface area contributed by atoms with Crippen molar-refractivity contribution in [3.05, 3.63) is 0 Å². The van der Waals surface area contributed by atoms with Gasteiger partial charge in [0.15, 0.2) is 8.38 Å². The van der Waals surface area contributed by atoms with E-state index in [1.54, 1.807) is 11.6 Å². The maximum atomic E-state index is 12.3. The summed E-state index contributed by atoms with van der Waals surface area (Å²) in [6, 6.07) is 1.60. The molecule has 0 aliphatic carbocycles. The fraction of sp³-hybridized carbons (Fsp3) is 0.812. The fourth-order valence-corrected chi connectivity index (χ4v) is 3.24. The van der Waals surface area contributed by atoms with Crippen LogP contribution in [0.25, 0.3) is 0 Å². The van der Waals surface area contributed by atoms with Crippen LogP contribution in [0, 0.1) is 11.3 Å². The molecule has 1 aliphatic heterocycles. The lowest BCUT2D eigenvalue weighted by Crippen LogP contribution is -2.47. The Morgan fingerprint density at radius 1 is 1.38 bits per heavy atom. The molecule has 1 N–H and O–H groups in total. The molecule has 0 aromatic carbocycles. The molecule has 2 atom stereocenters. The van der Waals surface area contributed by atoms with Crippen LogP contribution in [-0.4, -0.2) is 55.7 Å². The Labute approximate surface area is 145 Å². The highest BCUT2D eigenvalue weighted by atomic mass is 31.2. The highest BCUT2D eigenvalue weighted by molar-refractivity contribution is 7.46. The Morgan fingerprint density at radius 3 is 2.88 bits per heavy atom. The topological polar surface area (TPSA) is 91.7 Å². The Balaban J connectivity index is 2.34. The molecule has 0 radical (unpaired) electrons. The molecule has 0 aromatic rings. The molecule has 7 nitrogen and oxygen atoms in total. The third kappa shape index (κ3) is 7.57. The number of likely N-dealkylation sites (tertiary alicyclic amines) is 1. The number of unbranched alkanes of at least 4 members (excludes halogenated alkanes) is 2. The number of nitrogens with one attached hydrogen (secondary N) is 1. The SMILES string of the molecule is CCCCCNC(=O)C1CCC[15N]1C(=O)COP(C)OCCC#N. The molecule has 0 aromatic heterocycles. The van der Waals surface area contributed by atoms with Crippen LogP contribution in [-0.2, 0) is 18.6 Å². The molecule has 1 aliphatic rings. The lowest BCUT2D eigenvalue weighted by Gasteiger charge is -2.24. The first-order chi connectivity index (χ1) is 11.6. The van der Waals surface area contributed by atoms with Crippen LogP contribution < -0.4 is 5.32 Å². The van der Waals surface area contributed by atoms with Gasteiger partial charge in [0.2, 0.25) is 11.8 Å². The van der Waals surface area contributed by atoms with Crippen molar-refractivity contribution >= 4 is 20.2 Å². The number of carbonyl (C=O) groups excluding carboxylic acids is 2. The first kappa shape index (κ1) is 20.8. The van der Waals surface area contributed by atoms with Crippen LogP contribution in [0.15, 0.2) is 0 Å². The molecule has 2 amide bonds. The molecule has 136 valence electrons. The molecule has 0 saturated carbocycles. The Bertz CT molecular complexity index is 442. The lowest BCUT2D eigenvalue weighted by atomic mass is 10.2. The van der Waals surface area contributed by atoms with Gasteiger partial charge in [0.05, 0.1) is 19.1 Å². The van der Waals surface area contributed by atoms with E-state index in [0.29, 0.717) is 32.5 Å². The maximum Gasteiger partial charge on any atom is 0.249 e. The summed E-state index contributed by atoms with van der Waals surface area (Å²) >= 11 is 0. The van der Waals surface area contributed by atoms with Crippen LogP contribution in [0.5, 0.6) is 0 Å². The van der Waals surface area contributed by atoms with Crippen LogP contribution in [0.4, 0.5) is 0 Å². The quantitative estimate of drug-likeness (QED) is 0.347. The second-order valence-corrected chi connectivity index (χ2v) is 7.09. The predicted octanol–water partition coefficient (Wildman–Crippen LogP) is 2.17. The molecule has 2 unspecified atom stereocenters. The number of carbonyl (C=O) groups is 2. The van der Waals surface area contributed by atoms with E-state index < -0.39 is 8.38 Å². The molecule has 0 bridgehead atoms. The van der Waals surface area contributed by atoms with E-state index in [2.05, 4.69) is 12.2 Å². The number of hydrogen-bond donors (Lipinski definition) is 1. The van der Waals surface area contributed by atoms with Crippen molar-refractivity contribution in [3.63, 3.8) is 0 Å². The van der Waals surface area contributed by atoms with Crippen LogP contribution in [0.1, 0.15) is 45.4 Å². The van der Waals surface area contributed by atoms with Gasteiger partial charge in [0.25, 0.3) is 0 Å². The van der Waals surface area contributed by atoms with Crippen molar-refractivity contribution in [1.29, 1.82) is 5.26 Å². The standard InChI is InChI=1S/C16H28N3O4P/c1-3-4-5-10-18-16(21)14-8-6-11-19(14)15(20)13-23-24(2)22-12-7-9-17/h14H,3-8,10-13H2,1-2H3,(H,18,21)/i19+1. The summed E-state index contributed by atoms with van der Waals surface area (Å²) in [5, 5.41) is 11.4. The van der Waals surface area contributed by atoms with Crippen molar-refractivity contribution in [2.24, 2.45) is 0 Å². The minimum atomic E-state index is -1.18. The van der Waals surface area contributed by atoms with Crippen LogP contribution in [0.3, 0.4) is 0 Å². The largest absolute Gasteiger partial charge is 0.354 e. The second kappa shape index (κ2) is 12.2. The zero-order valence-electron chi connectivity index (χ0n) is 14.6. The summed E-state index contributed by atoms with van der Waals surface area (Å²) in [7, 11) is -1.18. The number of rotatable bonds is 11. The summed E-state index contributed by atoms with van der Waals surface area (Å²) in [4.78, 5) is 26.1. The lowest BCUT2D eigenvalue weighted by molar-refractivity contribution is -0.139. The zero-order chi connectivity index (χ0) is 17.8. The smallest absolute Gasteiger partial charge is 0.249 e. The minimum absolute atomic E-state index is 0.0685. The van der Waals surface area contributed by atoms with E-state index in [1.165, 1.54) is 0 Å². The summed E-state index contributed by atoms with van der Waals surface area (Å²) in [6.07, 6.45) is 5.00. The second-order valence-electron chi connectivity index (χ2n) is 5.70. The van der Waals surface area contributed by atoms with Crippen LogP contribution >= 0.6 is 8.38 Å². The van der Waals surface area contributed by atoms with Gasteiger partial charge in [-0.25, -0.2) is 0 Å². The van der Waals surface area contributed by atoms with Crippen LogP contribution in [0.2, 0.25) is 0 Å². The van der Waals surface area contributed by atoms with Gasteiger partial charge in [0.1, 0.15) is 12.6 Å². The highest BCUT2D eigenvalue weighted by Gasteiger charge is 2.33. The van der Waals surface area contributed by atoms with E-state index in [9.17, 15) is 9.59 Å². The first-order valence-electron chi connectivity index (χ1n) is 8.53. The molecular weight excluding hydrogens is 330 g/mol. The minimum Gasteiger partial charge on any atom is -0.354 e.